The van der Waals surface area contributed by atoms with E-state index in [1.54, 1.807) is 12.1 Å². The van der Waals surface area contributed by atoms with Crippen LogP contribution in [0, 0.1) is 11.3 Å². The summed E-state index contributed by atoms with van der Waals surface area (Å²) in [5.41, 5.74) is -0.488. The van der Waals surface area contributed by atoms with Crippen molar-refractivity contribution in [1.29, 1.82) is 5.26 Å². The minimum Gasteiger partial charge on any atom is -0.466 e. The molecule has 0 radical (unpaired) electrons. The molecule has 0 aromatic carbocycles. The Labute approximate surface area is 84.5 Å². The van der Waals surface area contributed by atoms with Crippen molar-refractivity contribution >= 4 is 22.6 Å². The topological polar surface area (TPSA) is 75.6 Å². The molecule has 1 heterocycles. The van der Waals surface area contributed by atoms with E-state index in [0.29, 0.717) is 5.76 Å². The lowest BCUT2D eigenvalue weighted by Gasteiger charge is -1.94. The van der Waals surface area contributed by atoms with Crippen molar-refractivity contribution in [2.75, 3.05) is 0 Å². The van der Waals surface area contributed by atoms with Gasteiger partial charge in [-0.1, -0.05) is 5.16 Å². The van der Waals surface area contributed by atoms with Crippen LogP contribution in [0.4, 0.5) is 0 Å². The molecule has 0 spiro atoms. The molecule has 0 saturated heterocycles. The highest BCUT2D eigenvalue weighted by atomic mass is 35.5. The molecule has 0 bridgehead atoms. The molecule has 5 nitrogen and oxygen atoms in total. The van der Waals surface area contributed by atoms with Crippen LogP contribution in [0.25, 0.3) is 0 Å². The summed E-state index contributed by atoms with van der Waals surface area (Å²) in [6.07, 6.45) is 1.47. The van der Waals surface area contributed by atoms with Crippen LogP contribution in [0.2, 0.25) is 0 Å². The molecule has 1 aromatic heterocycles. The first-order valence-electron chi connectivity index (χ1n) is 3.56. The van der Waals surface area contributed by atoms with Gasteiger partial charge in [-0.25, -0.2) is 0 Å². The molecule has 0 fully saturated rings. The zero-order chi connectivity index (χ0) is 10.4. The molecule has 0 amide bonds. The molecule has 0 aliphatic rings. The summed E-state index contributed by atoms with van der Waals surface area (Å²) >= 11 is 5.01. The first-order chi connectivity index (χ1) is 6.74. The first-order valence-corrected chi connectivity index (χ1v) is 3.94. The largest absolute Gasteiger partial charge is 0.466 e. The fourth-order valence-electron chi connectivity index (χ4n) is 0.655. The first kappa shape index (κ1) is 10.3. The standard InChI is InChI=1S/C8H5ClN2O3/c9-8(12)7(4-10)11-14-5-6-2-1-3-13-6/h1-3H,5H2/b11-7+. The van der Waals surface area contributed by atoms with Gasteiger partial charge in [0.15, 0.2) is 6.61 Å². The van der Waals surface area contributed by atoms with Gasteiger partial charge >= 0.3 is 0 Å². The highest BCUT2D eigenvalue weighted by Gasteiger charge is 2.07. The van der Waals surface area contributed by atoms with Gasteiger partial charge in [0, 0.05) is 0 Å². The summed E-state index contributed by atoms with van der Waals surface area (Å²) in [6.45, 7) is 0.0440. The number of furan rings is 1. The Morgan fingerprint density at radius 3 is 3.07 bits per heavy atom. The van der Waals surface area contributed by atoms with Gasteiger partial charge in [-0.3, -0.25) is 4.79 Å². The molecule has 0 aliphatic carbocycles. The number of rotatable bonds is 4. The Bertz CT molecular complexity index is 378. The Hall–Kier alpha value is -1.80. The van der Waals surface area contributed by atoms with Crippen molar-refractivity contribution in [2.45, 2.75) is 6.61 Å². The molecule has 1 aromatic rings. The maximum atomic E-state index is 10.5. The van der Waals surface area contributed by atoms with E-state index >= 15 is 0 Å². The average Bonchev–Trinajstić information content (AvgIpc) is 2.64. The van der Waals surface area contributed by atoms with E-state index < -0.39 is 11.0 Å². The monoisotopic (exact) mass is 212 g/mol. The number of nitrogens with zero attached hydrogens (tertiary/aromatic N) is 2. The predicted molar refractivity (Wildman–Crippen MR) is 47.4 cm³/mol. The van der Waals surface area contributed by atoms with Crippen LogP contribution in [0.5, 0.6) is 0 Å². The number of hydrogen-bond donors (Lipinski definition) is 0. The van der Waals surface area contributed by atoms with Crippen molar-refractivity contribution in [3.63, 3.8) is 0 Å². The van der Waals surface area contributed by atoms with E-state index in [1.807, 2.05) is 0 Å². The maximum Gasteiger partial charge on any atom is 0.285 e. The Morgan fingerprint density at radius 2 is 2.57 bits per heavy atom. The molecule has 0 atom stereocenters. The summed E-state index contributed by atoms with van der Waals surface area (Å²) < 4.78 is 4.91. The van der Waals surface area contributed by atoms with Gasteiger partial charge in [0.2, 0.25) is 5.71 Å². The summed E-state index contributed by atoms with van der Waals surface area (Å²) in [4.78, 5) is 15.1. The van der Waals surface area contributed by atoms with Crippen LogP contribution in [0.15, 0.2) is 28.0 Å². The second kappa shape index (κ2) is 5.04. The van der Waals surface area contributed by atoms with Crippen molar-refractivity contribution in [2.24, 2.45) is 5.16 Å². The van der Waals surface area contributed by atoms with Gasteiger partial charge in [-0.15, -0.1) is 0 Å². The fourth-order valence-corrected chi connectivity index (χ4v) is 0.732. The lowest BCUT2D eigenvalue weighted by Crippen LogP contribution is -2.04. The Balaban J connectivity index is 2.47. The van der Waals surface area contributed by atoms with E-state index in [4.69, 9.17) is 21.3 Å². The normalized spacial score (nSPS) is 10.7. The van der Waals surface area contributed by atoms with Crippen molar-refractivity contribution in [3.05, 3.63) is 24.2 Å². The summed E-state index contributed by atoms with van der Waals surface area (Å²) in [7, 11) is 0. The highest BCUT2D eigenvalue weighted by molar-refractivity contribution is 6.84. The molecule has 0 N–H and O–H groups in total. The van der Waals surface area contributed by atoms with Crippen LogP contribution in [-0.4, -0.2) is 11.0 Å². The van der Waals surface area contributed by atoms with Gasteiger partial charge in [0.1, 0.15) is 11.8 Å². The van der Waals surface area contributed by atoms with Gasteiger partial charge < -0.3 is 9.25 Å². The Kier molecular flexibility index (Phi) is 3.70. The fraction of sp³-hybridized carbons (Fsp3) is 0.125. The van der Waals surface area contributed by atoms with E-state index in [2.05, 4.69) is 9.99 Å². The van der Waals surface area contributed by atoms with Crippen LogP contribution < -0.4 is 0 Å². The quantitative estimate of drug-likeness (QED) is 0.430. The van der Waals surface area contributed by atoms with Gasteiger partial charge in [0.05, 0.1) is 6.26 Å². The summed E-state index contributed by atoms with van der Waals surface area (Å²) in [6, 6.07) is 4.85. The number of oxime groups is 1. The van der Waals surface area contributed by atoms with Crippen LogP contribution in [0.3, 0.4) is 0 Å². The van der Waals surface area contributed by atoms with Crippen LogP contribution >= 0.6 is 11.6 Å². The second-order valence-corrected chi connectivity index (χ2v) is 2.52. The van der Waals surface area contributed by atoms with Crippen molar-refractivity contribution < 1.29 is 14.0 Å². The average molecular weight is 213 g/mol. The van der Waals surface area contributed by atoms with Crippen LogP contribution in [-0.2, 0) is 16.2 Å². The smallest absolute Gasteiger partial charge is 0.285 e. The summed E-state index contributed by atoms with van der Waals surface area (Å²) in [5, 5.41) is 10.6. The maximum absolute atomic E-state index is 10.5. The predicted octanol–water partition coefficient (Wildman–Crippen LogP) is 1.44. The number of nitriles is 1. The van der Waals surface area contributed by atoms with E-state index in [0.717, 1.165) is 0 Å². The van der Waals surface area contributed by atoms with Gasteiger partial charge in [-0.05, 0) is 23.7 Å². The molecule has 6 heteroatoms. The SMILES string of the molecule is N#C/C(=N\OCc1ccco1)C(=O)Cl. The van der Waals surface area contributed by atoms with Gasteiger partial charge in [-0.2, -0.15) is 5.26 Å². The molecule has 0 aliphatic heterocycles. The lowest BCUT2D eigenvalue weighted by atomic mass is 10.5. The molecule has 14 heavy (non-hydrogen) atoms. The van der Waals surface area contributed by atoms with E-state index in [9.17, 15) is 4.79 Å². The Morgan fingerprint density at radius 1 is 1.79 bits per heavy atom. The lowest BCUT2D eigenvalue weighted by molar-refractivity contribution is -0.106. The third-order valence-corrected chi connectivity index (χ3v) is 1.41. The summed E-state index contributed by atoms with van der Waals surface area (Å²) in [5.74, 6) is 0.535. The molecule has 72 valence electrons. The molecule has 0 saturated carbocycles. The van der Waals surface area contributed by atoms with E-state index in [-0.39, 0.29) is 6.61 Å². The zero-order valence-corrected chi connectivity index (χ0v) is 7.69. The minimum atomic E-state index is -0.952. The molecule has 0 unspecified atom stereocenters. The molecular formula is C8H5ClN2O3. The molecular weight excluding hydrogens is 208 g/mol. The van der Waals surface area contributed by atoms with E-state index in [1.165, 1.54) is 12.3 Å². The third kappa shape index (κ3) is 2.92. The highest BCUT2D eigenvalue weighted by Crippen LogP contribution is 2.02. The number of hydrogen-bond acceptors (Lipinski definition) is 5. The number of carbonyl (C=O) groups is 1. The minimum absolute atomic E-state index is 0.0440. The zero-order valence-electron chi connectivity index (χ0n) is 6.94. The molecule has 1 rings (SSSR count). The van der Waals surface area contributed by atoms with Crippen LogP contribution in [0.1, 0.15) is 5.76 Å². The number of carbonyl (C=O) groups excluding carboxylic acids is 1. The third-order valence-electron chi connectivity index (χ3n) is 1.23. The van der Waals surface area contributed by atoms with Crippen molar-refractivity contribution in [3.8, 4) is 6.07 Å². The second-order valence-electron chi connectivity index (χ2n) is 2.18. The van der Waals surface area contributed by atoms with Crippen molar-refractivity contribution in [1.82, 2.24) is 0 Å². The number of halogens is 1. The van der Waals surface area contributed by atoms with Gasteiger partial charge in [0.25, 0.3) is 5.24 Å².